The van der Waals surface area contributed by atoms with Crippen molar-refractivity contribution < 1.29 is 4.79 Å². The van der Waals surface area contributed by atoms with E-state index >= 15 is 0 Å². The Balaban J connectivity index is 1.76. The second-order valence-electron chi connectivity index (χ2n) is 6.67. The quantitative estimate of drug-likeness (QED) is 0.612. The standard InChI is InChI=1S/C19H18BrN3OS/c1-19(2,3)13-10-8-12(9-11-13)17-22-23-18(25-17)21-16(24)14-6-4-5-7-15(14)20/h4-11H,1-3H3,(H,21,23,24). The first kappa shape index (κ1) is 17.8. The smallest absolute Gasteiger partial charge is 0.258 e. The highest BCUT2D eigenvalue weighted by Crippen LogP contribution is 2.29. The van der Waals surface area contributed by atoms with Gasteiger partial charge in [0.25, 0.3) is 5.91 Å². The predicted octanol–water partition coefficient (Wildman–Crippen LogP) is 5.52. The number of rotatable bonds is 3. The molecule has 0 radical (unpaired) electrons. The van der Waals surface area contributed by atoms with Gasteiger partial charge < -0.3 is 0 Å². The molecule has 0 fully saturated rings. The third-order valence-corrected chi connectivity index (χ3v) is 5.34. The fourth-order valence-corrected chi connectivity index (χ4v) is 3.52. The molecule has 1 aromatic heterocycles. The van der Waals surface area contributed by atoms with Crippen LogP contribution >= 0.6 is 27.3 Å². The van der Waals surface area contributed by atoms with Crippen LogP contribution < -0.4 is 5.32 Å². The number of amides is 1. The van der Waals surface area contributed by atoms with Crippen LogP contribution in [0.5, 0.6) is 0 Å². The fraction of sp³-hybridized carbons (Fsp3) is 0.211. The van der Waals surface area contributed by atoms with Crippen molar-refractivity contribution in [3.05, 3.63) is 64.1 Å². The molecule has 6 heteroatoms. The van der Waals surface area contributed by atoms with Gasteiger partial charge in [-0.25, -0.2) is 0 Å². The summed E-state index contributed by atoms with van der Waals surface area (Å²) in [6, 6.07) is 15.6. The highest BCUT2D eigenvalue weighted by Gasteiger charge is 2.15. The molecule has 1 amide bonds. The lowest BCUT2D eigenvalue weighted by Gasteiger charge is -2.18. The topological polar surface area (TPSA) is 54.9 Å². The van der Waals surface area contributed by atoms with E-state index in [1.165, 1.54) is 16.9 Å². The summed E-state index contributed by atoms with van der Waals surface area (Å²) < 4.78 is 0.745. The van der Waals surface area contributed by atoms with E-state index in [4.69, 9.17) is 0 Å². The monoisotopic (exact) mass is 415 g/mol. The van der Waals surface area contributed by atoms with Gasteiger partial charge in [0.2, 0.25) is 5.13 Å². The second-order valence-corrected chi connectivity index (χ2v) is 8.51. The van der Waals surface area contributed by atoms with Crippen molar-refractivity contribution in [2.75, 3.05) is 5.32 Å². The molecule has 0 saturated heterocycles. The molecular weight excluding hydrogens is 398 g/mol. The van der Waals surface area contributed by atoms with Gasteiger partial charge in [0.1, 0.15) is 5.01 Å². The van der Waals surface area contributed by atoms with Crippen LogP contribution in [0.1, 0.15) is 36.7 Å². The third-order valence-electron chi connectivity index (χ3n) is 3.76. The SMILES string of the molecule is CC(C)(C)c1ccc(-c2nnc(NC(=O)c3ccccc3Br)s2)cc1. The Kier molecular flexibility index (Phi) is 5.01. The van der Waals surface area contributed by atoms with Gasteiger partial charge >= 0.3 is 0 Å². The Morgan fingerprint density at radius 1 is 1.04 bits per heavy atom. The molecule has 128 valence electrons. The molecule has 0 spiro atoms. The predicted molar refractivity (Wildman–Crippen MR) is 106 cm³/mol. The molecule has 3 rings (SSSR count). The molecule has 1 heterocycles. The Morgan fingerprint density at radius 2 is 1.72 bits per heavy atom. The first-order valence-electron chi connectivity index (χ1n) is 7.85. The molecule has 25 heavy (non-hydrogen) atoms. The van der Waals surface area contributed by atoms with Crippen molar-refractivity contribution in [1.82, 2.24) is 10.2 Å². The summed E-state index contributed by atoms with van der Waals surface area (Å²) in [4.78, 5) is 12.3. The van der Waals surface area contributed by atoms with Crippen molar-refractivity contribution in [1.29, 1.82) is 0 Å². The third kappa shape index (κ3) is 4.14. The average molecular weight is 416 g/mol. The first-order chi connectivity index (χ1) is 11.8. The lowest BCUT2D eigenvalue weighted by Crippen LogP contribution is -2.12. The number of benzene rings is 2. The number of carbonyl (C=O) groups is 1. The number of hydrogen-bond acceptors (Lipinski definition) is 4. The van der Waals surface area contributed by atoms with Crippen LogP contribution in [-0.4, -0.2) is 16.1 Å². The zero-order valence-corrected chi connectivity index (χ0v) is 16.6. The molecule has 2 aromatic carbocycles. The summed E-state index contributed by atoms with van der Waals surface area (Å²) in [5.74, 6) is -0.210. The minimum absolute atomic E-state index is 0.113. The van der Waals surface area contributed by atoms with Gasteiger partial charge in [-0.2, -0.15) is 0 Å². The summed E-state index contributed by atoms with van der Waals surface area (Å²) in [5.41, 5.74) is 2.94. The molecular formula is C19H18BrN3OS. The van der Waals surface area contributed by atoms with Gasteiger partial charge in [0.15, 0.2) is 0 Å². The summed E-state index contributed by atoms with van der Waals surface area (Å²) in [5, 5.41) is 12.3. The van der Waals surface area contributed by atoms with Crippen LogP contribution in [0.25, 0.3) is 10.6 Å². The lowest BCUT2D eigenvalue weighted by atomic mass is 9.87. The molecule has 0 atom stereocenters. The van der Waals surface area contributed by atoms with E-state index in [0.717, 1.165) is 15.0 Å². The number of carbonyl (C=O) groups excluding carboxylic acids is 1. The summed E-state index contributed by atoms with van der Waals surface area (Å²) in [6.45, 7) is 6.55. The minimum Gasteiger partial charge on any atom is -0.296 e. The Hall–Kier alpha value is -2.05. The van der Waals surface area contributed by atoms with Crippen LogP contribution in [0.4, 0.5) is 5.13 Å². The van der Waals surface area contributed by atoms with Crippen LogP contribution in [0.2, 0.25) is 0 Å². The van der Waals surface area contributed by atoms with E-state index in [9.17, 15) is 4.79 Å². The van der Waals surface area contributed by atoms with Crippen molar-refractivity contribution in [2.45, 2.75) is 26.2 Å². The maximum absolute atomic E-state index is 12.3. The van der Waals surface area contributed by atoms with Crippen LogP contribution in [0.3, 0.4) is 0 Å². The second kappa shape index (κ2) is 7.06. The van der Waals surface area contributed by atoms with Gasteiger partial charge in [-0.3, -0.25) is 10.1 Å². The molecule has 0 aliphatic carbocycles. The van der Waals surface area contributed by atoms with Crippen LogP contribution in [0.15, 0.2) is 53.0 Å². The largest absolute Gasteiger partial charge is 0.296 e. The average Bonchev–Trinajstić information content (AvgIpc) is 3.03. The molecule has 1 N–H and O–H groups in total. The minimum atomic E-state index is -0.210. The molecule has 3 aromatic rings. The van der Waals surface area contributed by atoms with Gasteiger partial charge in [-0.15, -0.1) is 10.2 Å². The molecule has 0 saturated carbocycles. The Bertz CT molecular complexity index is 898. The van der Waals surface area contributed by atoms with E-state index in [1.807, 2.05) is 30.3 Å². The highest BCUT2D eigenvalue weighted by molar-refractivity contribution is 9.10. The molecule has 0 aliphatic heterocycles. The Labute approximate surface area is 159 Å². The van der Waals surface area contributed by atoms with Crippen molar-refractivity contribution in [3.8, 4) is 10.6 Å². The molecule has 4 nitrogen and oxygen atoms in total. The van der Waals surface area contributed by atoms with Crippen LogP contribution in [-0.2, 0) is 5.41 Å². The van der Waals surface area contributed by atoms with Crippen molar-refractivity contribution in [2.24, 2.45) is 0 Å². The zero-order chi connectivity index (χ0) is 18.0. The number of nitrogens with zero attached hydrogens (tertiary/aromatic N) is 2. The van der Waals surface area contributed by atoms with E-state index in [0.29, 0.717) is 10.7 Å². The molecule has 0 bridgehead atoms. The number of hydrogen-bond donors (Lipinski definition) is 1. The number of aromatic nitrogens is 2. The van der Waals surface area contributed by atoms with Gasteiger partial charge in [0, 0.05) is 10.0 Å². The summed E-state index contributed by atoms with van der Waals surface area (Å²) >= 11 is 4.74. The van der Waals surface area contributed by atoms with E-state index in [-0.39, 0.29) is 11.3 Å². The van der Waals surface area contributed by atoms with Gasteiger partial charge in [-0.05, 0) is 39.0 Å². The molecule has 0 unspecified atom stereocenters. The van der Waals surface area contributed by atoms with Crippen LogP contribution in [0, 0.1) is 0 Å². The van der Waals surface area contributed by atoms with Gasteiger partial charge in [-0.1, -0.05) is 68.5 Å². The highest BCUT2D eigenvalue weighted by atomic mass is 79.9. The maximum Gasteiger partial charge on any atom is 0.258 e. The summed E-state index contributed by atoms with van der Waals surface area (Å²) in [7, 11) is 0. The summed E-state index contributed by atoms with van der Waals surface area (Å²) in [6.07, 6.45) is 0. The lowest BCUT2D eigenvalue weighted by molar-refractivity contribution is 0.102. The fourth-order valence-electron chi connectivity index (χ4n) is 2.31. The molecule has 0 aliphatic rings. The van der Waals surface area contributed by atoms with E-state index in [2.05, 4.69) is 64.3 Å². The zero-order valence-electron chi connectivity index (χ0n) is 14.2. The van der Waals surface area contributed by atoms with E-state index < -0.39 is 0 Å². The number of halogens is 1. The Morgan fingerprint density at radius 3 is 2.36 bits per heavy atom. The normalized spacial score (nSPS) is 11.4. The first-order valence-corrected chi connectivity index (χ1v) is 9.46. The van der Waals surface area contributed by atoms with E-state index in [1.54, 1.807) is 6.07 Å². The van der Waals surface area contributed by atoms with Gasteiger partial charge in [0.05, 0.1) is 5.56 Å². The number of anilines is 1. The maximum atomic E-state index is 12.3. The van der Waals surface area contributed by atoms with Crippen molar-refractivity contribution in [3.63, 3.8) is 0 Å². The number of nitrogens with one attached hydrogen (secondary N) is 1. The van der Waals surface area contributed by atoms with Crippen molar-refractivity contribution >= 4 is 38.3 Å².